The van der Waals surface area contributed by atoms with E-state index < -0.39 is 0 Å². The predicted molar refractivity (Wildman–Crippen MR) is 79.1 cm³/mol. The summed E-state index contributed by atoms with van der Waals surface area (Å²) in [7, 11) is 0. The van der Waals surface area contributed by atoms with E-state index in [1.54, 1.807) is 6.26 Å². The van der Waals surface area contributed by atoms with Crippen molar-refractivity contribution in [1.82, 2.24) is 10.3 Å². The second-order valence-corrected chi connectivity index (χ2v) is 5.09. The minimum atomic E-state index is -0.319. The third-order valence-corrected chi connectivity index (χ3v) is 3.53. The molecule has 0 saturated carbocycles. The van der Waals surface area contributed by atoms with Crippen molar-refractivity contribution in [1.29, 1.82) is 0 Å². The summed E-state index contributed by atoms with van der Waals surface area (Å²) in [6.45, 7) is 5.31. The van der Waals surface area contributed by atoms with Crippen molar-refractivity contribution in [3.63, 3.8) is 0 Å². The van der Waals surface area contributed by atoms with Gasteiger partial charge in [-0.2, -0.15) is 0 Å². The quantitative estimate of drug-likeness (QED) is 0.815. The fourth-order valence-electron chi connectivity index (χ4n) is 1.92. The first kappa shape index (κ1) is 14.8. The van der Waals surface area contributed by atoms with E-state index in [9.17, 15) is 5.11 Å². The maximum absolute atomic E-state index is 9.87. The number of aliphatic hydroxyl groups excluding tert-OH is 1. The molecule has 0 amide bonds. The van der Waals surface area contributed by atoms with Gasteiger partial charge in [0.2, 0.25) is 5.89 Å². The number of aliphatic hydroxyl groups is 1. The largest absolute Gasteiger partial charge is 0.444 e. The number of hydrogen-bond donors (Lipinski definition) is 2. The Kier molecular flexibility index (Phi) is 5.32. The average molecular weight is 274 g/mol. The first-order chi connectivity index (χ1) is 9.70. The molecule has 2 aromatic rings. The van der Waals surface area contributed by atoms with E-state index in [2.05, 4.69) is 24.1 Å². The molecule has 2 unspecified atom stereocenters. The molecule has 1 aromatic carbocycles. The standard InChI is InChI=1S/C16H22N2O2/c1-3-12(2)15(19)10-17-9-14-11-20-16(18-14)13-7-5-4-6-8-13/h4-8,11-12,15,17,19H,3,9-10H2,1-2H3. The van der Waals surface area contributed by atoms with Crippen LogP contribution in [0.3, 0.4) is 0 Å². The van der Waals surface area contributed by atoms with E-state index in [0.29, 0.717) is 24.9 Å². The van der Waals surface area contributed by atoms with Crippen LogP contribution in [0.25, 0.3) is 11.5 Å². The van der Waals surface area contributed by atoms with Crippen molar-refractivity contribution >= 4 is 0 Å². The van der Waals surface area contributed by atoms with Gasteiger partial charge in [0.25, 0.3) is 0 Å². The molecule has 0 aliphatic rings. The van der Waals surface area contributed by atoms with E-state index in [-0.39, 0.29) is 6.10 Å². The third kappa shape index (κ3) is 3.92. The van der Waals surface area contributed by atoms with Crippen molar-refractivity contribution in [2.75, 3.05) is 6.54 Å². The highest BCUT2D eigenvalue weighted by atomic mass is 16.3. The molecule has 2 rings (SSSR count). The fraction of sp³-hybridized carbons (Fsp3) is 0.438. The van der Waals surface area contributed by atoms with Gasteiger partial charge in [0.15, 0.2) is 0 Å². The van der Waals surface area contributed by atoms with Crippen LogP contribution in [0, 0.1) is 5.92 Å². The first-order valence-corrected chi connectivity index (χ1v) is 7.09. The zero-order valence-corrected chi connectivity index (χ0v) is 12.0. The fourth-order valence-corrected chi connectivity index (χ4v) is 1.92. The minimum Gasteiger partial charge on any atom is -0.444 e. The SMILES string of the molecule is CCC(C)C(O)CNCc1coc(-c2ccccc2)n1. The van der Waals surface area contributed by atoms with Gasteiger partial charge in [-0.3, -0.25) is 0 Å². The van der Waals surface area contributed by atoms with E-state index in [0.717, 1.165) is 17.7 Å². The summed E-state index contributed by atoms with van der Waals surface area (Å²) >= 11 is 0. The van der Waals surface area contributed by atoms with Crippen LogP contribution in [0.1, 0.15) is 26.0 Å². The van der Waals surface area contributed by atoms with Gasteiger partial charge in [-0.15, -0.1) is 0 Å². The predicted octanol–water partition coefficient (Wildman–Crippen LogP) is 2.84. The molecule has 20 heavy (non-hydrogen) atoms. The lowest BCUT2D eigenvalue weighted by Gasteiger charge is -2.17. The minimum absolute atomic E-state index is 0.305. The molecule has 0 bridgehead atoms. The van der Waals surface area contributed by atoms with Crippen LogP contribution in [0.15, 0.2) is 41.0 Å². The maximum atomic E-state index is 9.87. The molecule has 1 aromatic heterocycles. The van der Waals surface area contributed by atoms with Gasteiger partial charge >= 0.3 is 0 Å². The Bertz CT molecular complexity index is 510. The Balaban J connectivity index is 1.85. The summed E-state index contributed by atoms with van der Waals surface area (Å²) in [6, 6.07) is 9.82. The van der Waals surface area contributed by atoms with Gasteiger partial charge in [-0.25, -0.2) is 4.98 Å². The number of benzene rings is 1. The number of hydrogen-bond acceptors (Lipinski definition) is 4. The number of rotatable bonds is 7. The summed E-state index contributed by atoms with van der Waals surface area (Å²) in [6.07, 6.45) is 2.32. The Morgan fingerprint density at radius 3 is 2.75 bits per heavy atom. The van der Waals surface area contributed by atoms with Crippen LogP contribution in [-0.2, 0) is 6.54 Å². The lowest BCUT2D eigenvalue weighted by molar-refractivity contribution is 0.112. The topological polar surface area (TPSA) is 58.3 Å². The van der Waals surface area contributed by atoms with Crippen LogP contribution in [0.5, 0.6) is 0 Å². The smallest absolute Gasteiger partial charge is 0.226 e. The highest BCUT2D eigenvalue weighted by Crippen LogP contribution is 2.17. The Hall–Kier alpha value is -1.65. The molecular formula is C16H22N2O2. The van der Waals surface area contributed by atoms with Gasteiger partial charge < -0.3 is 14.8 Å². The molecule has 0 fully saturated rings. The second-order valence-electron chi connectivity index (χ2n) is 5.09. The maximum Gasteiger partial charge on any atom is 0.226 e. The third-order valence-electron chi connectivity index (χ3n) is 3.53. The number of nitrogens with zero attached hydrogens (tertiary/aromatic N) is 1. The van der Waals surface area contributed by atoms with Crippen LogP contribution in [-0.4, -0.2) is 22.7 Å². The van der Waals surface area contributed by atoms with Crippen LogP contribution in [0.4, 0.5) is 0 Å². The summed E-state index contributed by atoms with van der Waals surface area (Å²) in [4.78, 5) is 4.43. The first-order valence-electron chi connectivity index (χ1n) is 7.09. The van der Waals surface area contributed by atoms with E-state index in [1.807, 2.05) is 30.3 Å². The van der Waals surface area contributed by atoms with Crippen molar-refractivity contribution in [2.45, 2.75) is 32.9 Å². The summed E-state index contributed by atoms with van der Waals surface area (Å²) in [5.74, 6) is 0.935. The number of aromatic nitrogens is 1. The second kappa shape index (κ2) is 7.22. The van der Waals surface area contributed by atoms with Gasteiger partial charge in [0.1, 0.15) is 6.26 Å². The Labute approximate surface area is 119 Å². The molecular weight excluding hydrogens is 252 g/mol. The van der Waals surface area contributed by atoms with E-state index in [4.69, 9.17) is 4.42 Å². The van der Waals surface area contributed by atoms with Crippen molar-refractivity contribution in [2.24, 2.45) is 5.92 Å². The zero-order valence-electron chi connectivity index (χ0n) is 12.0. The van der Waals surface area contributed by atoms with Gasteiger partial charge in [-0.1, -0.05) is 38.5 Å². The normalized spacial score (nSPS) is 14.2. The Morgan fingerprint density at radius 1 is 1.30 bits per heavy atom. The molecule has 0 spiro atoms. The molecule has 4 heteroatoms. The molecule has 0 radical (unpaired) electrons. The lowest BCUT2D eigenvalue weighted by Crippen LogP contribution is -2.31. The summed E-state index contributed by atoms with van der Waals surface area (Å²) < 4.78 is 5.46. The highest BCUT2D eigenvalue weighted by Gasteiger charge is 2.12. The molecule has 108 valence electrons. The van der Waals surface area contributed by atoms with E-state index >= 15 is 0 Å². The average Bonchev–Trinajstić information content (AvgIpc) is 2.96. The van der Waals surface area contributed by atoms with Crippen molar-refractivity contribution in [3.05, 3.63) is 42.3 Å². The summed E-state index contributed by atoms with van der Waals surface area (Å²) in [5, 5.41) is 13.1. The zero-order chi connectivity index (χ0) is 14.4. The van der Waals surface area contributed by atoms with Gasteiger partial charge in [-0.05, 0) is 18.1 Å². The van der Waals surface area contributed by atoms with E-state index in [1.165, 1.54) is 0 Å². The van der Waals surface area contributed by atoms with Crippen LogP contribution in [0.2, 0.25) is 0 Å². The van der Waals surface area contributed by atoms with Crippen LogP contribution >= 0.6 is 0 Å². The van der Waals surface area contributed by atoms with Crippen LogP contribution < -0.4 is 5.32 Å². The number of nitrogens with one attached hydrogen (secondary N) is 1. The Morgan fingerprint density at radius 2 is 2.05 bits per heavy atom. The lowest BCUT2D eigenvalue weighted by atomic mass is 10.0. The highest BCUT2D eigenvalue weighted by molar-refractivity contribution is 5.52. The molecule has 2 N–H and O–H groups in total. The van der Waals surface area contributed by atoms with Gasteiger partial charge in [0, 0.05) is 18.7 Å². The van der Waals surface area contributed by atoms with Crippen molar-refractivity contribution in [3.8, 4) is 11.5 Å². The molecule has 4 nitrogen and oxygen atoms in total. The molecule has 0 aliphatic carbocycles. The molecule has 0 saturated heterocycles. The molecule has 0 aliphatic heterocycles. The molecule has 1 heterocycles. The monoisotopic (exact) mass is 274 g/mol. The molecule has 2 atom stereocenters. The summed E-state index contributed by atoms with van der Waals surface area (Å²) in [5.41, 5.74) is 1.82. The van der Waals surface area contributed by atoms with Crippen molar-refractivity contribution < 1.29 is 9.52 Å². The number of oxazole rings is 1. The van der Waals surface area contributed by atoms with Gasteiger partial charge in [0.05, 0.1) is 11.8 Å².